The summed E-state index contributed by atoms with van der Waals surface area (Å²) < 4.78 is 5.10. The zero-order chi connectivity index (χ0) is 25.7. The van der Waals surface area contributed by atoms with Crippen molar-refractivity contribution < 1.29 is 34.1 Å². The van der Waals surface area contributed by atoms with E-state index in [0.717, 1.165) is 5.56 Å². The molecule has 11 heteroatoms. The van der Waals surface area contributed by atoms with Gasteiger partial charge in [-0.25, -0.2) is 9.59 Å². The monoisotopic (exact) mass is 480 g/mol. The first-order chi connectivity index (χ1) is 16.0. The van der Waals surface area contributed by atoms with E-state index in [2.05, 4.69) is 16.0 Å². The van der Waals surface area contributed by atoms with Crippen LogP contribution in [0, 0.1) is 0 Å². The molecule has 1 aromatic rings. The number of amides is 3. The van der Waals surface area contributed by atoms with Gasteiger partial charge in [0.2, 0.25) is 11.8 Å². The lowest BCUT2D eigenvalue weighted by atomic mass is 10.0. The summed E-state index contributed by atoms with van der Waals surface area (Å²) in [6.45, 7) is 4.61. The zero-order valence-electron chi connectivity index (χ0n) is 19.9. The molecule has 0 radical (unpaired) electrons. The predicted molar refractivity (Wildman–Crippen MR) is 125 cm³/mol. The van der Waals surface area contributed by atoms with Crippen LogP contribution >= 0.6 is 0 Å². The summed E-state index contributed by atoms with van der Waals surface area (Å²) in [6.07, 6.45) is 0.465. The number of nitrogens with two attached hydrogens (primary N) is 1. The van der Waals surface area contributed by atoms with Crippen molar-refractivity contribution in [1.82, 2.24) is 16.0 Å². The van der Waals surface area contributed by atoms with E-state index in [1.165, 1.54) is 0 Å². The Morgan fingerprint density at radius 1 is 0.941 bits per heavy atom. The molecular weight excluding hydrogens is 444 g/mol. The molecule has 0 aliphatic rings. The first-order valence-corrected chi connectivity index (χ1v) is 11.1. The third-order valence-corrected chi connectivity index (χ3v) is 4.67. The van der Waals surface area contributed by atoms with Gasteiger partial charge in [-0.3, -0.25) is 9.59 Å². The molecule has 0 aromatic heterocycles. The summed E-state index contributed by atoms with van der Waals surface area (Å²) in [5.74, 6) is -2.72. The van der Waals surface area contributed by atoms with Gasteiger partial charge in [0, 0.05) is 6.42 Å². The minimum Gasteiger partial charge on any atom is -0.480 e. The number of ether oxygens (including phenoxy) is 1. The third-order valence-electron chi connectivity index (χ3n) is 4.67. The van der Waals surface area contributed by atoms with E-state index in [1.54, 1.807) is 51.1 Å². The molecule has 3 amide bonds. The number of aliphatic hydroxyl groups is 1. The fraction of sp³-hybridized carbons (Fsp3) is 0.565. The topological polar surface area (TPSA) is 180 Å². The van der Waals surface area contributed by atoms with Crippen LogP contribution < -0.4 is 21.7 Å². The second kappa shape index (κ2) is 14.2. The number of benzene rings is 1. The number of carboxylic acid groups (broad SMARTS) is 1. The second-order valence-corrected chi connectivity index (χ2v) is 8.82. The second-order valence-electron chi connectivity index (χ2n) is 8.82. The molecule has 0 saturated carbocycles. The van der Waals surface area contributed by atoms with Crippen LogP contribution in [0.3, 0.4) is 0 Å². The molecule has 0 saturated heterocycles. The van der Waals surface area contributed by atoms with E-state index < -0.39 is 54.2 Å². The lowest BCUT2D eigenvalue weighted by molar-refractivity contribution is -0.142. The Morgan fingerprint density at radius 3 is 2.06 bits per heavy atom. The Balaban J connectivity index is 2.97. The van der Waals surface area contributed by atoms with E-state index in [0.29, 0.717) is 19.4 Å². The number of unbranched alkanes of at least 4 members (excludes halogenated alkanes) is 1. The average Bonchev–Trinajstić information content (AvgIpc) is 2.75. The number of carboxylic acids is 1. The van der Waals surface area contributed by atoms with Crippen LogP contribution in [-0.4, -0.2) is 71.0 Å². The summed E-state index contributed by atoms with van der Waals surface area (Å²) >= 11 is 0. The molecule has 0 bridgehead atoms. The quantitative estimate of drug-likeness (QED) is 0.218. The van der Waals surface area contributed by atoms with Crippen LogP contribution in [0.5, 0.6) is 0 Å². The van der Waals surface area contributed by atoms with Crippen LogP contribution in [-0.2, 0) is 25.5 Å². The molecule has 0 spiro atoms. The lowest BCUT2D eigenvalue weighted by Crippen LogP contribution is -2.57. The van der Waals surface area contributed by atoms with Gasteiger partial charge in [0.1, 0.15) is 23.7 Å². The van der Waals surface area contributed by atoms with Gasteiger partial charge in [-0.15, -0.1) is 0 Å². The molecule has 3 atom stereocenters. The summed E-state index contributed by atoms with van der Waals surface area (Å²) in [5, 5.41) is 26.3. The number of hydrogen-bond donors (Lipinski definition) is 6. The minimum absolute atomic E-state index is 0.0676. The van der Waals surface area contributed by atoms with Crippen molar-refractivity contribution in [2.24, 2.45) is 5.73 Å². The van der Waals surface area contributed by atoms with E-state index in [-0.39, 0.29) is 12.8 Å². The number of nitrogens with one attached hydrogen (secondary N) is 3. The van der Waals surface area contributed by atoms with Gasteiger partial charge in [0.05, 0.1) is 6.61 Å². The van der Waals surface area contributed by atoms with Gasteiger partial charge in [-0.1, -0.05) is 30.3 Å². The number of carbonyl (C=O) groups excluding carboxylic acids is 3. The van der Waals surface area contributed by atoms with Crippen molar-refractivity contribution in [2.75, 3.05) is 13.2 Å². The Morgan fingerprint density at radius 2 is 1.53 bits per heavy atom. The molecule has 11 nitrogen and oxygen atoms in total. The lowest BCUT2D eigenvalue weighted by Gasteiger charge is -2.25. The normalized spacial score (nSPS) is 13.8. The predicted octanol–water partition coefficient (Wildman–Crippen LogP) is 0.298. The number of carbonyl (C=O) groups is 4. The molecule has 1 rings (SSSR count). The largest absolute Gasteiger partial charge is 0.480 e. The Bertz CT molecular complexity index is 811. The first-order valence-electron chi connectivity index (χ1n) is 11.1. The van der Waals surface area contributed by atoms with Crippen LogP contribution in [0.25, 0.3) is 0 Å². The van der Waals surface area contributed by atoms with Gasteiger partial charge in [-0.05, 0) is 52.1 Å². The summed E-state index contributed by atoms with van der Waals surface area (Å²) in [5.41, 5.74) is 5.36. The number of aliphatic carboxylic acids is 1. The highest BCUT2D eigenvalue weighted by molar-refractivity contribution is 5.93. The summed E-state index contributed by atoms with van der Waals surface area (Å²) in [6, 6.07) is 5.15. The highest BCUT2D eigenvalue weighted by Crippen LogP contribution is 2.08. The minimum atomic E-state index is -1.37. The number of rotatable bonds is 13. The highest BCUT2D eigenvalue weighted by atomic mass is 16.6. The van der Waals surface area contributed by atoms with Crippen LogP contribution in [0.2, 0.25) is 0 Å². The van der Waals surface area contributed by atoms with Crippen molar-refractivity contribution in [3.63, 3.8) is 0 Å². The van der Waals surface area contributed by atoms with E-state index >= 15 is 0 Å². The van der Waals surface area contributed by atoms with Crippen molar-refractivity contribution in [3.8, 4) is 0 Å². The Labute approximate surface area is 199 Å². The molecule has 0 fully saturated rings. The van der Waals surface area contributed by atoms with Crippen molar-refractivity contribution in [1.29, 1.82) is 0 Å². The summed E-state index contributed by atoms with van der Waals surface area (Å²) in [7, 11) is 0. The van der Waals surface area contributed by atoms with E-state index in [1.807, 2.05) is 0 Å². The molecule has 1 aromatic carbocycles. The van der Waals surface area contributed by atoms with Gasteiger partial charge >= 0.3 is 12.1 Å². The zero-order valence-corrected chi connectivity index (χ0v) is 19.9. The fourth-order valence-electron chi connectivity index (χ4n) is 3.00. The van der Waals surface area contributed by atoms with Crippen molar-refractivity contribution >= 4 is 23.9 Å². The molecule has 0 unspecified atom stereocenters. The van der Waals surface area contributed by atoms with Crippen LogP contribution in [0.15, 0.2) is 30.3 Å². The molecule has 34 heavy (non-hydrogen) atoms. The average molecular weight is 481 g/mol. The van der Waals surface area contributed by atoms with Crippen LogP contribution in [0.1, 0.15) is 45.6 Å². The molecule has 0 aliphatic heterocycles. The van der Waals surface area contributed by atoms with Gasteiger partial charge < -0.3 is 36.6 Å². The molecule has 190 valence electrons. The Kier molecular flexibility index (Phi) is 12.0. The number of alkyl carbamates (subject to hydrolysis) is 1. The SMILES string of the molecule is CC(C)(C)OC(=O)N[C@@H](CO)C(=O)N[C@@H](Cc1ccccc1)C(=O)N[C@@H](CCCCN)C(=O)O. The maximum absolute atomic E-state index is 13.0. The first kappa shape index (κ1) is 28.9. The Hall–Kier alpha value is -3.18. The maximum atomic E-state index is 13.0. The molecule has 0 aliphatic carbocycles. The fourth-order valence-corrected chi connectivity index (χ4v) is 3.00. The van der Waals surface area contributed by atoms with Crippen molar-refractivity contribution in [2.45, 2.75) is 70.2 Å². The smallest absolute Gasteiger partial charge is 0.408 e. The van der Waals surface area contributed by atoms with Crippen LogP contribution in [0.4, 0.5) is 4.79 Å². The molecule has 0 heterocycles. The molecular formula is C23H36N4O7. The van der Waals surface area contributed by atoms with Gasteiger partial charge in [-0.2, -0.15) is 0 Å². The van der Waals surface area contributed by atoms with E-state index in [4.69, 9.17) is 10.5 Å². The number of aliphatic hydroxyl groups excluding tert-OH is 1. The standard InChI is InChI=1S/C23H36N4O7/c1-23(2,3)34-22(33)27-18(14-28)20(30)26-17(13-15-9-5-4-6-10-15)19(29)25-16(21(31)32)11-7-8-12-24/h4-6,9-10,16-18,28H,7-8,11-14,24H2,1-3H3,(H,25,29)(H,26,30)(H,27,33)(H,31,32)/t16-,17-,18-/m0/s1. The highest BCUT2D eigenvalue weighted by Gasteiger charge is 2.30. The molecule has 7 N–H and O–H groups in total. The van der Waals surface area contributed by atoms with Crippen molar-refractivity contribution in [3.05, 3.63) is 35.9 Å². The summed E-state index contributed by atoms with van der Waals surface area (Å²) in [4.78, 5) is 49.3. The number of hydrogen-bond acceptors (Lipinski definition) is 7. The van der Waals surface area contributed by atoms with Gasteiger partial charge in [0.25, 0.3) is 0 Å². The maximum Gasteiger partial charge on any atom is 0.408 e. The third kappa shape index (κ3) is 11.1. The van der Waals surface area contributed by atoms with Gasteiger partial charge in [0.15, 0.2) is 0 Å². The van der Waals surface area contributed by atoms with E-state index in [9.17, 15) is 29.4 Å².